The Balaban J connectivity index is 1.75. The van der Waals surface area contributed by atoms with Gasteiger partial charge in [-0.1, -0.05) is 49.3 Å². The highest BCUT2D eigenvalue weighted by atomic mass is 32.1. The summed E-state index contributed by atoms with van der Waals surface area (Å²) in [5.41, 5.74) is 9.03. The number of aromatic nitrogens is 3. The number of benzene rings is 1. The van der Waals surface area contributed by atoms with Gasteiger partial charge < -0.3 is 11.1 Å². The number of amidine groups is 1. The van der Waals surface area contributed by atoms with Crippen LogP contribution in [0.25, 0.3) is 0 Å². The molecular weight excluding hydrogens is 399 g/mol. The third-order valence-corrected chi connectivity index (χ3v) is 5.95. The molecule has 2 aromatic heterocycles. The highest BCUT2D eigenvalue weighted by molar-refractivity contribution is 7.71. The van der Waals surface area contributed by atoms with Crippen molar-refractivity contribution in [2.45, 2.75) is 38.3 Å². The number of rotatable bonds is 5. The number of nitrogens with one attached hydrogen (secondary N) is 1. The number of nitrogens with zero attached hydrogens (tertiary/aromatic N) is 4. The molecule has 3 N–H and O–H groups in total. The number of nitrogens with two attached hydrogens (primary N) is 1. The summed E-state index contributed by atoms with van der Waals surface area (Å²) in [5.74, 6) is 0.706. The Labute approximate surface area is 180 Å². The molecular formula is C22H25FN6S. The molecule has 1 aliphatic carbocycles. The van der Waals surface area contributed by atoms with Crippen LogP contribution in [0.4, 0.5) is 15.9 Å². The van der Waals surface area contributed by atoms with Crippen LogP contribution in [-0.4, -0.2) is 20.2 Å². The third-order valence-electron chi connectivity index (χ3n) is 5.49. The van der Waals surface area contributed by atoms with E-state index in [-0.39, 0.29) is 0 Å². The lowest BCUT2D eigenvalue weighted by molar-refractivity contribution is 0.409. The molecule has 30 heavy (non-hydrogen) atoms. The SMILES string of the molecule is Cn1c(=S)c(C(=NCc2ccc(F)nc2)Nc2ccccc2)c(N)n1C1CCCC1. The van der Waals surface area contributed by atoms with Crippen molar-refractivity contribution in [3.8, 4) is 0 Å². The van der Waals surface area contributed by atoms with Crippen LogP contribution in [0.1, 0.15) is 42.9 Å². The fraction of sp³-hybridized carbons (Fsp3) is 0.318. The Kier molecular flexibility index (Phi) is 5.94. The summed E-state index contributed by atoms with van der Waals surface area (Å²) in [5, 5.41) is 3.37. The van der Waals surface area contributed by atoms with Crippen LogP contribution >= 0.6 is 12.2 Å². The van der Waals surface area contributed by atoms with Crippen LogP contribution in [0.3, 0.4) is 0 Å². The lowest BCUT2D eigenvalue weighted by atomic mass is 10.2. The predicted molar refractivity (Wildman–Crippen MR) is 121 cm³/mol. The van der Waals surface area contributed by atoms with Crippen molar-refractivity contribution in [2.75, 3.05) is 11.1 Å². The van der Waals surface area contributed by atoms with Crippen LogP contribution in [0.2, 0.25) is 0 Å². The summed E-state index contributed by atoms with van der Waals surface area (Å²) in [4.78, 5) is 8.47. The summed E-state index contributed by atoms with van der Waals surface area (Å²) in [6.07, 6.45) is 6.08. The summed E-state index contributed by atoms with van der Waals surface area (Å²) in [6.45, 7) is 0.328. The molecule has 0 saturated heterocycles. The van der Waals surface area contributed by atoms with Crippen molar-refractivity contribution >= 4 is 29.6 Å². The van der Waals surface area contributed by atoms with E-state index in [0.29, 0.717) is 28.9 Å². The van der Waals surface area contributed by atoms with E-state index in [9.17, 15) is 4.39 Å². The van der Waals surface area contributed by atoms with Gasteiger partial charge in [0, 0.05) is 18.9 Å². The monoisotopic (exact) mass is 424 g/mol. The third kappa shape index (κ3) is 4.14. The molecule has 4 rings (SSSR count). The van der Waals surface area contributed by atoms with E-state index in [1.807, 2.05) is 42.1 Å². The van der Waals surface area contributed by atoms with Gasteiger partial charge >= 0.3 is 0 Å². The van der Waals surface area contributed by atoms with Crippen LogP contribution in [0.15, 0.2) is 53.7 Å². The van der Waals surface area contributed by atoms with Crippen molar-refractivity contribution in [3.63, 3.8) is 0 Å². The highest BCUT2D eigenvalue weighted by Crippen LogP contribution is 2.33. The summed E-state index contributed by atoms with van der Waals surface area (Å²) in [7, 11) is 1.95. The van der Waals surface area contributed by atoms with E-state index in [4.69, 9.17) is 22.9 Å². The molecule has 3 aromatic rings. The molecule has 0 aliphatic heterocycles. The van der Waals surface area contributed by atoms with Crippen molar-refractivity contribution < 1.29 is 4.39 Å². The maximum absolute atomic E-state index is 13.1. The first-order valence-electron chi connectivity index (χ1n) is 10.1. The molecule has 0 atom stereocenters. The molecule has 1 saturated carbocycles. The molecule has 1 aromatic carbocycles. The lowest BCUT2D eigenvalue weighted by Gasteiger charge is -2.17. The average molecular weight is 425 g/mol. The first kappa shape index (κ1) is 20.3. The maximum atomic E-state index is 13.1. The number of hydrogen-bond acceptors (Lipinski definition) is 4. The maximum Gasteiger partial charge on any atom is 0.212 e. The van der Waals surface area contributed by atoms with Crippen molar-refractivity contribution in [1.29, 1.82) is 0 Å². The molecule has 6 nitrogen and oxygen atoms in total. The summed E-state index contributed by atoms with van der Waals surface area (Å²) >= 11 is 5.76. The van der Waals surface area contributed by atoms with Gasteiger partial charge in [0.1, 0.15) is 16.3 Å². The second-order valence-corrected chi connectivity index (χ2v) is 7.90. The van der Waals surface area contributed by atoms with Gasteiger partial charge in [0.15, 0.2) is 0 Å². The Hall–Kier alpha value is -3.00. The van der Waals surface area contributed by atoms with Gasteiger partial charge in [-0.2, -0.15) is 4.39 Å². The van der Waals surface area contributed by atoms with Gasteiger partial charge in [-0.25, -0.2) is 4.98 Å². The molecule has 0 radical (unpaired) electrons. The topological polar surface area (TPSA) is 73.2 Å². The van der Waals surface area contributed by atoms with Crippen LogP contribution in [0, 0.1) is 10.6 Å². The standard InChI is InChI=1S/C22H25FN6S/c1-28-22(30)19(20(24)29(28)17-9-5-6-10-17)21(27-16-7-3-2-4-8-16)26-14-15-11-12-18(23)25-13-15/h2-4,7-8,11-13,17H,5-6,9-10,14,24H2,1H3,(H,26,27). The van der Waals surface area contributed by atoms with Crippen molar-refractivity contribution in [3.05, 3.63) is 70.4 Å². The van der Waals surface area contributed by atoms with Gasteiger partial charge in [-0.05, 0) is 36.6 Å². The molecule has 1 aliphatic rings. The fourth-order valence-corrected chi connectivity index (χ4v) is 4.26. The number of para-hydroxylation sites is 1. The quantitative estimate of drug-likeness (QED) is 0.266. The number of pyridine rings is 1. The number of nitrogen functional groups attached to an aromatic ring is 1. The van der Waals surface area contributed by atoms with E-state index in [2.05, 4.69) is 15.0 Å². The van der Waals surface area contributed by atoms with E-state index >= 15 is 0 Å². The lowest BCUT2D eigenvalue weighted by Crippen LogP contribution is -2.18. The van der Waals surface area contributed by atoms with Crippen LogP contribution in [-0.2, 0) is 13.6 Å². The Morgan fingerprint density at radius 3 is 2.63 bits per heavy atom. The van der Waals surface area contributed by atoms with Gasteiger partial charge in [0.25, 0.3) is 0 Å². The van der Waals surface area contributed by atoms with Crippen molar-refractivity contribution in [1.82, 2.24) is 14.3 Å². The van der Waals surface area contributed by atoms with Crippen molar-refractivity contribution in [2.24, 2.45) is 12.0 Å². The largest absolute Gasteiger partial charge is 0.383 e. The molecule has 0 spiro atoms. The number of aliphatic imine (C=N–C) groups is 1. The normalized spacial score (nSPS) is 14.9. The van der Waals surface area contributed by atoms with Gasteiger partial charge in [-0.3, -0.25) is 14.4 Å². The minimum absolute atomic E-state index is 0.328. The van der Waals surface area contributed by atoms with E-state index in [1.54, 1.807) is 6.07 Å². The van der Waals surface area contributed by atoms with Gasteiger partial charge in [0.2, 0.25) is 5.95 Å². The molecule has 2 heterocycles. The Bertz CT molecular complexity index is 1100. The van der Waals surface area contributed by atoms with Gasteiger partial charge in [0.05, 0.1) is 18.2 Å². The zero-order chi connectivity index (χ0) is 21.1. The van der Waals surface area contributed by atoms with Crippen LogP contribution < -0.4 is 11.1 Å². The molecule has 1 fully saturated rings. The zero-order valence-corrected chi connectivity index (χ0v) is 17.7. The van der Waals surface area contributed by atoms with Crippen LogP contribution in [0.5, 0.6) is 0 Å². The molecule has 156 valence electrons. The molecule has 0 amide bonds. The van der Waals surface area contributed by atoms with E-state index < -0.39 is 5.95 Å². The van der Waals surface area contributed by atoms with E-state index in [0.717, 1.165) is 29.7 Å². The molecule has 0 unspecified atom stereocenters. The minimum atomic E-state index is -0.511. The smallest absolute Gasteiger partial charge is 0.212 e. The average Bonchev–Trinajstić information content (AvgIpc) is 3.34. The summed E-state index contributed by atoms with van der Waals surface area (Å²) < 4.78 is 17.8. The minimum Gasteiger partial charge on any atom is -0.383 e. The summed E-state index contributed by atoms with van der Waals surface area (Å²) in [6, 6.07) is 13.1. The Morgan fingerprint density at radius 2 is 1.97 bits per heavy atom. The predicted octanol–water partition coefficient (Wildman–Crippen LogP) is 4.85. The number of hydrogen-bond donors (Lipinski definition) is 2. The first-order valence-corrected chi connectivity index (χ1v) is 10.5. The Morgan fingerprint density at radius 1 is 1.23 bits per heavy atom. The van der Waals surface area contributed by atoms with E-state index in [1.165, 1.54) is 25.1 Å². The second kappa shape index (κ2) is 8.79. The molecule has 8 heteroatoms. The highest BCUT2D eigenvalue weighted by Gasteiger charge is 2.25. The fourth-order valence-electron chi connectivity index (χ4n) is 3.97. The molecule has 0 bridgehead atoms. The second-order valence-electron chi connectivity index (χ2n) is 7.52. The first-order chi connectivity index (χ1) is 14.5. The van der Waals surface area contributed by atoms with Gasteiger partial charge in [-0.15, -0.1) is 0 Å². The zero-order valence-electron chi connectivity index (χ0n) is 16.9. The number of halogens is 1. The number of anilines is 2.